The van der Waals surface area contributed by atoms with Crippen molar-refractivity contribution in [1.82, 2.24) is 10.2 Å². The number of hydrogen-bond donors (Lipinski definition) is 2. The van der Waals surface area contributed by atoms with Crippen LogP contribution in [0.25, 0.3) is 0 Å². The Morgan fingerprint density at radius 1 is 1.22 bits per heavy atom. The molecule has 4 rings (SSSR count). The van der Waals surface area contributed by atoms with E-state index in [-0.39, 0.29) is 24.5 Å². The molecule has 1 unspecified atom stereocenters. The molecule has 2 aromatic rings. The minimum Gasteiger partial charge on any atom is -0.482 e. The van der Waals surface area contributed by atoms with Crippen molar-refractivity contribution in [2.45, 2.75) is 19.4 Å². The molecule has 1 atom stereocenters. The number of ether oxygens (including phenoxy) is 1. The van der Waals surface area contributed by atoms with E-state index in [2.05, 4.69) is 41.8 Å². The summed E-state index contributed by atoms with van der Waals surface area (Å²) in [6.07, 6.45) is 0.995. The van der Waals surface area contributed by atoms with Gasteiger partial charge in [0.2, 0.25) is 0 Å². The molecular formula is C21H23N3O3. The molecule has 2 N–H and O–H groups in total. The van der Waals surface area contributed by atoms with Gasteiger partial charge in [0, 0.05) is 25.2 Å². The molecule has 0 aromatic heterocycles. The van der Waals surface area contributed by atoms with Crippen LogP contribution in [0.3, 0.4) is 0 Å². The van der Waals surface area contributed by atoms with Gasteiger partial charge in [-0.15, -0.1) is 0 Å². The van der Waals surface area contributed by atoms with E-state index in [1.165, 1.54) is 5.56 Å². The molecule has 2 amide bonds. The van der Waals surface area contributed by atoms with E-state index in [9.17, 15) is 9.59 Å². The molecule has 6 nitrogen and oxygen atoms in total. The Balaban J connectivity index is 1.60. The molecule has 6 heteroatoms. The summed E-state index contributed by atoms with van der Waals surface area (Å²) in [5, 5.41) is 6.15. The van der Waals surface area contributed by atoms with Gasteiger partial charge in [0.15, 0.2) is 6.61 Å². The minimum atomic E-state index is -0.205. The smallest absolute Gasteiger partial charge is 0.262 e. The highest BCUT2D eigenvalue weighted by molar-refractivity contribution is 6.00. The normalized spacial score (nSPS) is 19.1. The first-order valence-corrected chi connectivity index (χ1v) is 9.33. The average Bonchev–Trinajstić information content (AvgIpc) is 2.72. The zero-order valence-electron chi connectivity index (χ0n) is 15.3. The number of fused-ring (bicyclic) bond motifs is 1. The maximum Gasteiger partial charge on any atom is 0.262 e. The fourth-order valence-electron chi connectivity index (χ4n) is 3.60. The van der Waals surface area contributed by atoms with E-state index >= 15 is 0 Å². The number of hydrogen-bond acceptors (Lipinski definition) is 4. The highest BCUT2D eigenvalue weighted by Crippen LogP contribution is 2.31. The molecule has 2 aromatic carbocycles. The molecule has 0 spiro atoms. The van der Waals surface area contributed by atoms with Gasteiger partial charge < -0.3 is 20.3 Å². The Hall–Kier alpha value is -2.86. The summed E-state index contributed by atoms with van der Waals surface area (Å²) in [6, 6.07) is 13.7. The third-order valence-electron chi connectivity index (χ3n) is 5.14. The lowest BCUT2D eigenvalue weighted by molar-refractivity contribution is -0.118. The van der Waals surface area contributed by atoms with Gasteiger partial charge in [-0.2, -0.15) is 0 Å². The third-order valence-corrected chi connectivity index (χ3v) is 5.14. The predicted molar refractivity (Wildman–Crippen MR) is 103 cm³/mol. The van der Waals surface area contributed by atoms with Crippen LogP contribution in [-0.4, -0.2) is 43.0 Å². The van der Waals surface area contributed by atoms with Crippen molar-refractivity contribution in [2.24, 2.45) is 0 Å². The maximum absolute atomic E-state index is 13.2. The van der Waals surface area contributed by atoms with Crippen molar-refractivity contribution in [3.63, 3.8) is 0 Å². The molecule has 140 valence electrons. The monoisotopic (exact) mass is 365 g/mol. The molecule has 0 aliphatic carbocycles. The second-order valence-electron chi connectivity index (χ2n) is 6.86. The number of benzene rings is 2. The summed E-state index contributed by atoms with van der Waals surface area (Å²) in [7, 11) is 0. The topological polar surface area (TPSA) is 70.7 Å². The molecule has 1 fully saturated rings. The number of nitrogens with one attached hydrogen (secondary N) is 2. The zero-order chi connectivity index (χ0) is 18.8. The summed E-state index contributed by atoms with van der Waals surface area (Å²) in [4.78, 5) is 26.7. The summed E-state index contributed by atoms with van der Waals surface area (Å²) in [6.45, 7) is 4.26. The SMILES string of the molecule is CCc1ccc(C2CNCCN2C(=O)c2ccc3c(c2)NC(=O)CO3)cc1. The van der Waals surface area contributed by atoms with Crippen molar-refractivity contribution in [3.05, 3.63) is 59.2 Å². The number of anilines is 1. The van der Waals surface area contributed by atoms with Crippen LogP contribution in [0.4, 0.5) is 5.69 Å². The molecule has 2 aliphatic rings. The highest BCUT2D eigenvalue weighted by atomic mass is 16.5. The van der Waals surface area contributed by atoms with Gasteiger partial charge in [0.1, 0.15) is 5.75 Å². The van der Waals surface area contributed by atoms with E-state index < -0.39 is 0 Å². The van der Waals surface area contributed by atoms with E-state index in [0.29, 0.717) is 23.5 Å². The number of nitrogens with zero attached hydrogens (tertiary/aromatic N) is 1. The Labute approximate surface area is 158 Å². The van der Waals surface area contributed by atoms with Crippen molar-refractivity contribution >= 4 is 17.5 Å². The summed E-state index contributed by atoms with van der Waals surface area (Å²) < 4.78 is 5.38. The van der Waals surface area contributed by atoms with Crippen LogP contribution in [0.1, 0.15) is 34.5 Å². The van der Waals surface area contributed by atoms with Crippen LogP contribution in [0.5, 0.6) is 5.75 Å². The molecular weight excluding hydrogens is 342 g/mol. The number of piperazine rings is 1. The second-order valence-corrected chi connectivity index (χ2v) is 6.86. The number of carbonyl (C=O) groups excluding carboxylic acids is 2. The first-order valence-electron chi connectivity index (χ1n) is 9.33. The van der Waals surface area contributed by atoms with Gasteiger partial charge in [0.25, 0.3) is 11.8 Å². The number of amides is 2. The van der Waals surface area contributed by atoms with Crippen LogP contribution >= 0.6 is 0 Å². The lowest BCUT2D eigenvalue weighted by atomic mass is 10.00. The molecule has 2 heterocycles. The lowest BCUT2D eigenvalue weighted by Crippen LogP contribution is -2.48. The predicted octanol–water partition coefficient (Wildman–Crippen LogP) is 2.37. The van der Waals surface area contributed by atoms with Crippen LogP contribution < -0.4 is 15.4 Å². The first-order chi connectivity index (χ1) is 13.2. The van der Waals surface area contributed by atoms with E-state index in [4.69, 9.17) is 4.74 Å². The largest absolute Gasteiger partial charge is 0.482 e. The van der Waals surface area contributed by atoms with Crippen LogP contribution in [0.2, 0.25) is 0 Å². The molecule has 0 bridgehead atoms. The van der Waals surface area contributed by atoms with Crippen LogP contribution in [0, 0.1) is 0 Å². The van der Waals surface area contributed by atoms with Crippen molar-refractivity contribution in [2.75, 3.05) is 31.6 Å². The molecule has 0 saturated carbocycles. The average molecular weight is 365 g/mol. The number of rotatable bonds is 3. The van der Waals surface area contributed by atoms with E-state index in [1.807, 2.05) is 4.90 Å². The minimum absolute atomic E-state index is 0.00785. The number of aryl methyl sites for hydroxylation is 1. The molecule has 27 heavy (non-hydrogen) atoms. The third kappa shape index (κ3) is 3.53. The zero-order valence-corrected chi connectivity index (χ0v) is 15.3. The fraction of sp³-hybridized carbons (Fsp3) is 0.333. The van der Waals surface area contributed by atoms with Gasteiger partial charge in [-0.3, -0.25) is 9.59 Å². The molecule has 0 radical (unpaired) electrons. The van der Waals surface area contributed by atoms with Crippen molar-refractivity contribution in [3.8, 4) is 5.75 Å². The quantitative estimate of drug-likeness (QED) is 0.876. The van der Waals surface area contributed by atoms with Gasteiger partial charge in [-0.1, -0.05) is 31.2 Å². The summed E-state index contributed by atoms with van der Waals surface area (Å²) in [5.74, 6) is 0.352. The van der Waals surface area contributed by atoms with Crippen LogP contribution in [0.15, 0.2) is 42.5 Å². The van der Waals surface area contributed by atoms with E-state index in [1.54, 1.807) is 18.2 Å². The Bertz CT molecular complexity index is 863. The number of carbonyl (C=O) groups is 2. The van der Waals surface area contributed by atoms with Gasteiger partial charge >= 0.3 is 0 Å². The maximum atomic E-state index is 13.2. The lowest BCUT2D eigenvalue weighted by Gasteiger charge is -2.37. The standard InChI is InChI=1S/C21H23N3O3/c1-2-14-3-5-15(6-4-14)18-12-22-9-10-24(18)21(26)16-7-8-19-17(11-16)23-20(25)13-27-19/h3-8,11,18,22H,2,9-10,12-13H2,1H3,(H,23,25). The second kappa shape index (κ2) is 7.40. The first kappa shape index (κ1) is 17.5. The summed E-state index contributed by atoms with van der Waals surface area (Å²) >= 11 is 0. The van der Waals surface area contributed by atoms with Crippen LogP contribution in [-0.2, 0) is 11.2 Å². The van der Waals surface area contributed by atoms with Gasteiger partial charge in [-0.05, 0) is 35.7 Å². The van der Waals surface area contributed by atoms with E-state index in [0.717, 1.165) is 25.1 Å². The Kier molecular flexibility index (Phi) is 4.81. The fourth-order valence-corrected chi connectivity index (χ4v) is 3.60. The van der Waals surface area contributed by atoms with Gasteiger partial charge in [0.05, 0.1) is 11.7 Å². The summed E-state index contributed by atoms with van der Waals surface area (Å²) in [5.41, 5.74) is 3.51. The highest BCUT2D eigenvalue weighted by Gasteiger charge is 2.29. The Morgan fingerprint density at radius 3 is 2.81 bits per heavy atom. The molecule has 2 aliphatic heterocycles. The van der Waals surface area contributed by atoms with Crippen molar-refractivity contribution < 1.29 is 14.3 Å². The Morgan fingerprint density at radius 2 is 2.04 bits per heavy atom. The van der Waals surface area contributed by atoms with Gasteiger partial charge in [-0.25, -0.2) is 0 Å². The molecule has 1 saturated heterocycles. The van der Waals surface area contributed by atoms with Crippen molar-refractivity contribution in [1.29, 1.82) is 0 Å².